The average Bonchev–Trinajstić information content (AvgIpc) is 2.72. The van der Waals surface area contributed by atoms with Gasteiger partial charge in [-0.25, -0.2) is 9.97 Å². The molecule has 7 atom stereocenters. The summed E-state index contributed by atoms with van der Waals surface area (Å²) in [6, 6.07) is -1.18. The summed E-state index contributed by atoms with van der Waals surface area (Å²) in [5, 5.41) is 42.8. The van der Waals surface area contributed by atoms with E-state index in [1.807, 2.05) is 0 Å². The van der Waals surface area contributed by atoms with Gasteiger partial charge in [-0.05, 0) is 6.92 Å². The minimum absolute atomic E-state index is 0.00462. The van der Waals surface area contributed by atoms with Crippen molar-refractivity contribution in [3.8, 4) is 0 Å². The van der Waals surface area contributed by atoms with Crippen LogP contribution in [0.1, 0.15) is 25.6 Å². The third-order valence-electron chi connectivity index (χ3n) is 4.80. The van der Waals surface area contributed by atoms with Gasteiger partial charge >= 0.3 is 0 Å². The molecule has 0 aliphatic carbocycles. The molecule has 3 rings (SSSR count). The van der Waals surface area contributed by atoms with Gasteiger partial charge in [-0.15, -0.1) is 0 Å². The molecule has 0 saturated carbocycles. The van der Waals surface area contributed by atoms with E-state index in [0.717, 1.165) is 0 Å². The van der Waals surface area contributed by atoms with Crippen molar-refractivity contribution in [3.63, 3.8) is 0 Å². The van der Waals surface area contributed by atoms with E-state index in [2.05, 4.69) is 25.3 Å². The maximum atomic E-state index is 12.0. The zero-order chi connectivity index (χ0) is 22.9. The number of nitrogens with zero attached hydrogens (tertiary/aromatic N) is 3. The topological polar surface area (TPSA) is 226 Å². The minimum Gasteiger partial charge on any atom is -0.394 e. The van der Waals surface area contributed by atoms with Crippen LogP contribution in [-0.4, -0.2) is 89.6 Å². The molecule has 2 aromatic heterocycles. The monoisotopic (exact) mass is 440 g/mol. The number of anilines is 1. The van der Waals surface area contributed by atoms with E-state index in [0.29, 0.717) is 0 Å². The number of aliphatic hydroxyl groups is 4. The summed E-state index contributed by atoms with van der Waals surface area (Å²) in [4.78, 5) is 37.7. The highest BCUT2D eigenvalue weighted by molar-refractivity contribution is 5.73. The van der Waals surface area contributed by atoms with E-state index in [4.69, 9.17) is 15.2 Å². The summed E-state index contributed by atoms with van der Waals surface area (Å²) in [5.41, 5.74) is 4.67. The number of fused-ring (bicyclic) bond motifs is 1. The van der Waals surface area contributed by atoms with E-state index >= 15 is 0 Å². The van der Waals surface area contributed by atoms with Crippen molar-refractivity contribution in [2.45, 2.75) is 56.7 Å². The first-order chi connectivity index (χ1) is 14.6. The van der Waals surface area contributed by atoms with Crippen LogP contribution in [0.15, 0.2) is 11.0 Å². The normalized spacial score (nSPS) is 28.3. The Hall–Kier alpha value is -2.75. The summed E-state index contributed by atoms with van der Waals surface area (Å²) in [5.74, 6) is -0.648. The van der Waals surface area contributed by atoms with Gasteiger partial charge in [0.05, 0.1) is 24.6 Å². The van der Waals surface area contributed by atoms with Gasteiger partial charge in [0.15, 0.2) is 17.5 Å². The Morgan fingerprint density at radius 1 is 1.39 bits per heavy atom. The molecule has 7 unspecified atom stereocenters. The molecule has 1 saturated heterocycles. The lowest BCUT2D eigenvalue weighted by Gasteiger charge is -2.43. The number of aromatic amines is 1. The lowest BCUT2D eigenvalue weighted by molar-refractivity contribution is -0.287. The standard InChI is InChI=1S/C17H24N6O8/c1-5(11(26)7-3-19-14-10(21-7)15(29)23-17(18)22-14)30-16-9(20-6(2)25)13(28)12(27)8(4-24)31-16/h3,5,8-9,11-13,16,24,26-28H,4H2,1-2H3,(H,20,25)(H3,18,19,22,23,29). The molecule has 1 aliphatic heterocycles. The number of nitrogens with one attached hydrogen (secondary N) is 2. The van der Waals surface area contributed by atoms with Gasteiger partial charge < -0.3 is 41.0 Å². The Balaban J connectivity index is 1.82. The van der Waals surface area contributed by atoms with Crippen LogP contribution in [0.4, 0.5) is 5.95 Å². The first kappa shape index (κ1) is 22.9. The van der Waals surface area contributed by atoms with Crippen LogP contribution in [0.3, 0.4) is 0 Å². The van der Waals surface area contributed by atoms with Gasteiger partial charge in [-0.3, -0.25) is 14.6 Å². The second-order valence-corrected chi connectivity index (χ2v) is 7.14. The maximum Gasteiger partial charge on any atom is 0.280 e. The number of amides is 1. The highest BCUT2D eigenvalue weighted by atomic mass is 16.7. The molecule has 14 nitrogen and oxygen atoms in total. The van der Waals surface area contributed by atoms with Gasteiger partial charge in [0, 0.05) is 6.92 Å². The van der Waals surface area contributed by atoms with Crippen LogP contribution in [0.25, 0.3) is 11.2 Å². The zero-order valence-electron chi connectivity index (χ0n) is 16.7. The summed E-state index contributed by atoms with van der Waals surface area (Å²) < 4.78 is 11.1. The summed E-state index contributed by atoms with van der Waals surface area (Å²) in [6.07, 6.45) is -6.70. The number of carbonyl (C=O) groups excluding carboxylic acids is 1. The zero-order valence-corrected chi connectivity index (χ0v) is 16.7. The number of rotatable bonds is 6. The number of hydrogen-bond donors (Lipinski definition) is 7. The molecule has 0 spiro atoms. The quantitative estimate of drug-likeness (QED) is 0.234. The minimum atomic E-state index is -1.50. The molecule has 0 radical (unpaired) electrons. The molecule has 31 heavy (non-hydrogen) atoms. The van der Waals surface area contributed by atoms with Crippen molar-refractivity contribution in [3.05, 3.63) is 22.2 Å². The van der Waals surface area contributed by atoms with Crippen LogP contribution < -0.4 is 16.6 Å². The molecule has 3 heterocycles. The molecule has 1 aliphatic rings. The lowest BCUT2D eigenvalue weighted by atomic mass is 9.96. The number of carbonyl (C=O) groups is 1. The van der Waals surface area contributed by atoms with Crippen LogP contribution in [-0.2, 0) is 14.3 Å². The van der Waals surface area contributed by atoms with Crippen molar-refractivity contribution < 1.29 is 34.7 Å². The fourth-order valence-corrected chi connectivity index (χ4v) is 3.20. The molecule has 170 valence electrons. The highest BCUT2D eigenvalue weighted by Gasteiger charge is 2.46. The summed E-state index contributed by atoms with van der Waals surface area (Å²) in [6.45, 7) is 2.05. The predicted molar refractivity (Wildman–Crippen MR) is 103 cm³/mol. The van der Waals surface area contributed by atoms with Crippen molar-refractivity contribution >= 4 is 23.0 Å². The third-order valence-corrected chi connectivity index (χ3v) is 4.80. The Labute approximate surface area is 175 Å². The first-order valence-corrected chi connectivity index (χ1v) is 9.38. The summed E-state index contributed by atoms with van der Waals surface area (Å²) >= 11 is 0. The fourth-order valence-electron chi connectivity index (χ4n) is 3.20. The van der Waals surface area contributed by atoms with Crippen LogP contribution in [0, 0.1) is 0 Å². The molecule has 1 fully saturated rings. The van der Waals surface area contributed by atoms with Gasteiger partial charge in [-0.2, -0.15) is 4.98 Å². The Bertz CT molecular complexity index is 1000. The van der Waals surface area contributed by atoms with E-state index in [1.165, 1.54) is 20.0 Å². The van der Waals surface area contributed by atoms with Gasteiger partial charge in [0.2, 0.25) is 11.9 Å². The Kier molecular flexibility index (Phi) is 6.78. The molecule has 14 heteroatoms. The number of ether oxygens (including phenoxy) is 2. The van der Waals surface area contributed by atoms with E-state index in [1.54, 1.807) is 0 Å². The number of hydrogen-bond acceptors (Lipinski definition) is 12. The number of aliphatic hydroxyl groups excluding tert-OH is 4. The Morgan fingerprint density at radius 2 is 2.10 bits per heavy atom. The average molecular weight is 440 g/mol. The SMILES string of the molecule is CC(=O)NC1C(OC(C)C(O)c2cnc3nc(N)[nH]c(=O)c3n2)OC(CO)C(O)C1O. The van der Waals surface area contributed by atoms with Crippen LogP contribution in [0.5, 0.6) is 0 Å². The summed E-state index contributed by atoms with van der Waals surface area (Å²) in [7, 11) is 0. The predicted octanol–water partition coefficient (Wildman–Crippen LogP) is -3.32. The molecule has 8 N–H and O–H groups in total. The van der Waals surface area contributed by atoms with Gasteiger partial charge in [0.25, 0.3) is 5.56 Å². The second-order valence-electron chi connectivity index (χ2n) is 7.14. The Morgan fingerprint density at radius 3 is 2.74 bits per heavy atom. The van der Waals surface area contributed by atoms with E-state index in [-0.39, 0.29) is 22.8 Å². The second kappa shape index (κ2) is 9.17. The maximum absolute atomic E-state index is 12.0. The van der Waals surface area contributed by atoms with E-state index < -0.39 is 60.9 Å². The van der Waals surface area contributed by atoms with Gasteiger partial charge in [0.1, 0.15) is 30.5 Å². The first-order valence-electron chi connectivity index (χ1n) is 9.38. The molecule has 1 amide bonds. The molecule has 2 aromatic rings. The lowest BCUT2D eigenvalue weighted by Crippen LogP contribution is -2.65. The molecule has 0 bridgehead atoms. The van der Waals surface area contributed by atoms with Gasteiger partial charge in [-0.1, -0.05) is 0 Å². The fraction of sp³-hybridized carbons (Fsp3) is 0.588. The third kappa shape index (κ3) is 4.79. The largest absolute Gasteiger partial charge is 0.394 e. The molecular formula is C17H24N6O8. The number of aromatic nitrogens is 4. The molecular weight excluding hydrogens is 416 g/mol. The van der Waals surface area contributed by atoms with Crippen molar-refractivity contribution in [2.24, 2.45) is 0 Å². The number of nitrogen functional groups attached to an aromatic ring is 1. The van der Waals surface area contributed by atoms with Crippen molar-refractivity contribution in [2.75, 3.05) is 12.3 Å². The smallest absolute Gasteiger partial charge is 0.280 e. The van der Waals surface area contributed by atoms with Crippen molar-refractivity contribution in [1.82, 2.24) is 25.3 Å². The van der Waals surface area contributed by atoms with E-state index in [9.17, 15) is 30.0 Å². The van der Waals surface area contributed by atoms with Crippen LogP contribution in [0.2, 0.25) is 0 Å². The van der Waals surface area contributed by atoms with Crippen molar-refractivity contribution in [1.29, 1.82) is 0 Å². The number of nitrogens with two attached hydrogens (primary N) is 1. The molecule has 0 aromatic carbocycles. The number of H-pyrrole nitrogens is 1. The highest BCUT2D eigenvalue weighted by Crippen LogP contribution is 2.26. The van der Waals surface area contributed by atoms with Crippen LogP contribution >= 0.6 is 0 Å².